The Labute approximate surface area is 99.4 Å². The number of hydrogen-bond donors (Lipinski definition) is 1. The van der Waals surface area contributed by atoms with Crippen LogP contribution in [0.5, 0.6) is 0 Å². The lowest BCUT2D eigenvalue weighted by molar-refractivity contribution is -0.186. The monoisotopic (exact) mass is 249 g/mol. The van der Waals surface area contributed by atoms with Gasteiger partial charge in [0, 0.05) is 13.1 Å². The fourth-order valence-corrected chi connectivity index (χ4v) is 1.97. The van der Waals surface area contributed by atoms with Crippen molar-refractivity contribution in [2.45, 2.75) is 37.9 Å². The lowest BCUT2D eigenvalue weighted by atomic mass is 9.95. The van der Waals surface area contributed by atoms with E-state index in [9.17, 15) is 13.2 Å². The van der Waals surface area contributed by atoms with Crippen molar-refractivity contribution in [3.63, 3.8) is 0 Å². The summed E-state index contributed by atoms with van der Waals surface area (Å²) in [5.41, 5.74) is 4.69. The highest BCUT2D eigenvalue weighted by Crippen LogP contribution is 2.33. The maximum atomic E-state index is 12.6. The first-order chi connectivity index (χ1) is 7.74. The highest BCUT2D eigenvalue weighted by Gasteiger charge is 2.41. The second-order valence-electron chi connectivity index (χ2n) is 4.96. The fourth-order valence-electron chi connectivity index (χ4n) is 1.97. The highest BCUT2D eigenvalue weighted by atomic mass is 19.4. The van der Waals surface area contributed by atoms with E-state index < -0.39 is 17.6 Å². The van der Waals surface area contributed by atoms with E-state index in [4.69, 9.17) is 11.0 Å². The van der Waals surface area contributed by atoms with Crippen molar-refractivity contribution in [3.05, 3.63) is 0 Å². The number of halogens is 3. The molecule has 0 saturated carbocycles. The van der Waals surface area contributed by atoms with E-state index in [1.165, 1.54) is 0 Å². The Bertz CT molecular complexity index is 293. The first-order valence-electron chi connectivity index (χ1n) is 5.74. The Morgan fingerprint density at radius 1 is 1.47 bits per heavy atom. The number of nitriles is 1. The molecule has 0 aromatic carbocycles. The van der Waals surface area contributed by atoms with Gasteiger partial charge in [0.15, 0.2) is 0 Å². The van der Waals surface area contributed by atoms with Gasteiger partial charge in [0.05, 0.1) is 12.0 Å². The molecule has 0 aliphatic carbocycles. The summed E-state index contributed by atoms with van der Waals surface area (Å²) in [5, 5.41) is 8.73. The molecule has 1 fully saturated rings. The van der Waals surface area contributed by atoms with Crippen molar-refractivity contribution in [3.8, 4) is 6.07 Å². The second kappa shape index (κ2) is 5.23. The van der Waals surface area contributed by atoms with Gasteiger partial charge < -0.3 is 10.6 Å². The van der Waals surface area contributed by atoms with Gasteiger partial charge in [-0.05, 0) is 32.7 Å². The Morgan fingerprint density at radius 2 is 2.12 bits per heavy atom. The summed E-state index contributed by atoms with van der Waals surface area (Å²) in [6.07, 6.45) is -2.95. The minimum absolute atomic E-state index is 0.0327. The Morgan fingerprint density at radius 3 is 2.65 bits per heavy atom. The average Bonchev–Trinajstić information content (AvgIpc) is 2.26. The molecule has 0 amide bonds. The van der Waals surface area contributed by atoms with Crippen LogP contribution in [0.2, 0.25) is 0 Å². The minimum Gasteiger partial charge on any atom is -0.314 e. The smallest absolute Gasteiger partial charge is 0.314 e. The molecule has 0 bridgehead atoms. The molecule has 17 heavy (non-hydrogen) atoms. The third-order valence-electron chi connectivity index (χ3n) is 3.17. The van der Waals surface area contributed by atoms with E-state index in [-0.39, 0.29) is 13.0 Å². The number of likely N-dealkylation sites (tertiary alicyclic amines) is 1. The lowest BCUT2D eigenvalue weighted by Gasteiger charge is -2.34. The van der Waals surface area contributed by atoms with Crippen molar-refractivity contribution >= 4 is 0 Å². The number of hydrogen-bond acceptors (Lipinski definition) is 3. The van der Waals surface area contributed by atoms with Crippen LogP contribution in [0.25, 0.3) is 0 Å². The normalized spacial score (nSPS) is 26.2. The van der Waals surface area contributed by atoms with Crippen molar-refractivity contribution in [1.29, 1.82) is 5.26 Å². The molecule has 6 heteroatoms. The number of piperidine rings is 1. The van der Waals surface area contributed by atoms with Crippen LogP contribution in [0, 0.1) is 17.2 Å². The topological polar surface area (TPSA) is 53.1 Å². The lowest BCUT2D eigenvalue weighted by Crippen LogP contribution is -2.45. The number of alkyl halides is 3. The molecule has 1 heterocycles. The van der Waals surface area contributed by atoms with E-state index in [1.807, 2.05) is 6.07 Å². The molecule has 3 nitrogen and oxygen atoms in total. The highest BCUT2D eigenvalue weighted by molar-refractivity contribution is 5.01. The van der Waals surface area contributed by atoms with Gasteiger partial charge >= 0.3 is 6.18 Å². The molecule has 1 rings (SSSR count). The van der Waals surface area contributed by atoms with Gasteiger partial charge in [-0.2, -0.15) is 18.4 Å². The van der Waals surface area contributed by atoms with E-state index in [1.54, 1.807) is 11.8 Å². The molecule has 98 valence electrons. The predicted octanol–water partition coefficient (Wildman–Crippen LogP) is 1.89. The largest absolute Gasteiger partial charge is 0.393 e. The molecule has 2 N–H and O–H groups in total. The van der Waals surface area contributed by atoms with Crippen molar-refractivity contribution in [2.24, 2.45) is 11.7 Å². The summed E-state index contributed by atoms with van der Waals surface area (Å²) in [7, 11) is 0. The van der Waals surface area contributed by atoms with Gasteiger partial charge in [-0.15, -0.1) is 0 Å². The molecule has 1 aliphatic heterocycles. The summed E-state index contributed by atoms with van der Waals surface area (Å²) >= 11 is 0. The summed E-state index contributed by atoms with van der Waals surface area (Å²) in [6, 6.07) is 1.95. The maximum absolute atomic E-state index is 12.6. The van der Waals surface area contributed by atoms with E-state index in [2.05, 4.69) is 0 Å². The zero-order valence-corrected chi connectivity index (χ0v) is 9.93. The third kappa shape index (κ3) is 4.52. The second-order valence-corrected chi connectivity index (χ2v) is 4.96. The average molecular weight is 249 g/mol. The Kier molecular flexibility index (Phi) is 4.39. The molecule has 0 spiro atoms. The summed E-state index contributed by atoms with van der Waals surface area (Å²) in [6.45, 7) is 2.74. The van der Waals surface area contributed by atoms with E-state index >= 15 is 0 Å². The van der Waals surface area contributed by atoms with Crippen LogP contribution < -0.4 is 5.73 Å². The van der Waals surface area contributed by atoms with Crippen molar-refractivity contribution in [1.82, 2.24) is 4.90 Å². The van der Waals surface area contributed by atoms with Crippen LogP contribution in [-0.2, 0) is 0 Å². The van der Waals surface area contributed by atoms with Crippen LogP contribution in [0.3, 0.4) is 0 Å². The SMILES string of the molecule is CC(N)(C#N)CCN1CCCC(C(F)(F)F)C1. The number of rotatable bonds is 3. The molecule has 2 unspecified atom stereocenters. The zero-order valence-electron chi connectivity index (χ0n) is 9.93. The zero-order chi connectivity index (χ0) is 13.1. The molecule has 1 aliphatic rings. The first kappa shape index (κ1) is 14.3. The van der Waals surface area contributed by atoms with Gasteiger partial charge in [0.1, 0.15) is 5.54 Å². The van der Waals surface area contributed by atoms with Crippen molar-refractivity contribution in [2.75, 3.05) is 19.6 Å². The summed E-state index contributed by atoms with van der Waals surface area (Å²) in [4.78, 5) is 1.75. The van der Waals surface area contributed by atoms with Crippen LogP contribution in [-0.4, -0.2) is 36.2 Å². The van der Waals surface area contributed by atoms with Gasteiger partial charge in [-0.1, -0.05) is 0 Å². The van der Waals surface area contributed by atoms with Crippen molar-refractivity contribution < 1.29 is 13.2 Å². The summed E-state index contributed by atoms with van der Waals surface area (Å²) < 4.78 is 37.7. The first-order valence-corrected chi connectivity index (χ1v) is 5.74. The van der Waals surface area contributed by atoms with E-state index in [0.717, 1.165) is 0 Å². The Hall–Kier alpha value is -0.800. The van der Waals surface area contributed by atoms with Gasteiger partial charge in [0.25, 0.3) is 0 Å². The summed E-state index contributed by atoms with van der Waals surface area (Å²) in [5.74, 6) is -1.23. The van der Waals surface area contributed by atoms with Gasteiger partial charge in [0.2, 0.25) is 0 Å². The predicted molar refractivity (Wildman–Crippen MR) is 58.0 cm³/mol. The van der Waals surface area contributed by atoms with Crippen LogP contribution in [0.15, 0.2) is 0 Å². The molecule has 0 radical (unpaired) electrons. The van der Waals surface area contributed by atoms with Gasteiger partial charge in [-0.25, -0.2) is 0 Å². The molecule has 0 aromatic rings. The van der Waals surface area contributed by atoms with Crippen LogP contribution in [0.1, 0.15) is 26.2 Å². The molecular weight excluding hydrogens is 231 g/mol. The Balaban J connectivity index is 2.44. The molecule has 1 saturated heterocycles. The van der Waals surface area contributed by atoms with E-state index in [0.29, 0.717) is 25.9 Å². The third-order valence-corrected chi connectivity index (χ3v) is 3.17. The molecule has 0 aromatic heterocycles. The maximum Gasteiger partial charge on any atom is 0.393 e. The molecular formula is C11H18F3N3. The van der Waals surface area contributed by atoms with Gasteiger partial charge in [-0.3, -0.25) is 0 Å². The van der Waals surface area contributed by atoms with Crippen LogP contribution in [0.4, 0.5) is 13.2 Å². The fraction of sp³-hybridized carbons (Fsp3) is 0.909. The quantitative estimate of drug-likeness (QED) is 0.831. The standard InChI is InChI=1S/C11H18F3N3/c1-10(16,8-15)4-6-17-5-2-3-9(7-17)11(12,13)14/h9H,2-7,16H2,1H3. The minimum atomic E-state index is -4.11. The van der Waals surface area contributed by atoms with Crippen LogP contribution >= 0.6 is 0 Å². The number of nitrogens with two attached hydrogens (primary N) is 1. The molecule has 2 atom stereocenters. The number of nitrogens with zero attached hydrogens (tertiary/aromatic N) is 2.